The molecule has 0 radical (unpaired) electrons. The molecule has 2 aliphatic rings. The van der Waals surface area contributed by atoms with Gasteiger partial charge >= 0.3 is 6.03 Å². The Morgan fingerprint density at radius 1 is 1.03 bits per heavy atom. The van der Waals surface area contributed by atoms with Crippen molar-refractivity contribution in [3.05, 3.63) is 53.9 Å². The van der Waals surface area contributed by atoms with E-state index in [4.69, 9.17) is 4.74 Å². The van der Waals surface area contributed by atoms with E-state index in [-0.39, 0.29) is 6.03 Å². The van der Waals surface area contributed by atoms with Crippen molar-refractivity contribution in [3.8, 4) is 5.75 Å². The summed E-state index contributed by atoms with van der Waals surface area (Å²) in [6.45, 7) is 1.45. The number of benzene rings is 1. The van der Waals surface area contributed by atoms with Crippen LogP contribution in [0.4, 0.5) is 4.79 Å². The molecule has 1 aromatic carbocycles. The fraction of sp³-hybridized carbons (Fsp3) is 0.577. The molecule has 2 amide bonds. The Morgan fingerprint density at radius 2 is 1.77 bits per heavy atom. The van der Waals surface area contributed by atoms with E-state index in [0.717, 1.165) is 38.0 Å². The van der Waals surface area contributed by atoms with Crippen LogP contribution in [0.2, 0.25) is 0 Å². The van der Waals surface area contributed by atoms with Crippen molar-refractivity contribution >= 4 is 6.03 Å². The molecule has 5 heteroatoms. The number of amides is 2. The van der Waals surface area contributed by atoms with Crippen molar-refractivity contribution < 1.29 is 9.53 Å². The van der Waals surface area contributed by atoms with E-state index >= 15 is 0 Å². The van der Waals surface area contributed by atoms with Crippen LogP contribution in [-0.2, 0) is 13.1 Å². The molecule has 4 rings (SSSR count). The largest absolute Gasteiger partial charge is 0.497 e. The summed E-state index contributed by atoms with van der Waals surface area (Å²) in [4.78, 5) is 15.5. The maximum absolute atomic E-state index is 13.4. The second-order valence-corrected chi connectivity index (χ2v) is 9.18. The second-order valence-electron chi connectivity index (χ2n) is 9.18. The lowest BCUT2D eigenvalue weighted by atomic mass is 9.93. The standard InChI is InChI=1S/C26H37N3O2/c1-31-25-16-8-10-21(18-25)19-28-17-9-15-24(28)20-29(23-13-6-3-7-14-23)26(30)27-22-11-4-2-5-12-22/h8-10,15-18,22-23H,2-7,11-14,19-20H2,1H3,(H,27,30). The number of urea groups is 1. The van der Waals surface area contributed by atoms with Gasteiger partial charge in [-0.15, -0.1) is 0 Å². The van der Waals surface area contributed by atoms with E-state index in [0.29, 0.717) is 18.6 Å². The summed E-state index contributed by atoms with van der Waals surface area (Å²) in [6, 6.07) is 13.3. The smallest absolute Gasteiger partial charge is 0.318 e. The normalized spacial score (nSPS) is 18.0. The zero-order valence-corrected chi connectivity index (χ0v) is 18.9. The number of hydrogen-bond donors (Lipinski definition) is 1. The van der Waals surface area contributed by atoms with E-state index in [9.17, 15) is 4.79 Å². The summed E-state index contributed by atoms with van der Waals surface area (Å²) in [7, 11) is 1.70. The maximum atomic E-state index is 13.4. The number of carbonyl (C=O) groups is 1. The molecule has 168 valence electrons. The Labute approximate surface area is 186 Å². The van der Waals surface area contributed by atoms with Crippen LogP contribution in [0.5, 0.6) is 5.75 Å². The first-order valence-electron chi connectivity index (χ1n) is 12.1. The van der Waals surface area contributed by atoms with Crippen molar-refractivity contribution in [3.63, 3.8) is 0 Å². The van der Waals surface area contributed by atoms with Crippen LogP contribution in [0.15, 0.2) is 42.6 Å². The van der Waals surface area contributed by atoms with Crippen LogP contribution < -0.4 is 10.1 Å². The molecule has 2 aromatic rings. The number of nitrogens with zero attached hydrogens (tertiary/aromatic N) is 2. The molecule has 0 aliphatic heterocycles. The highest BCUT2D eigenvalue weighted by molar-refractivity contribution is 5.75. The van der Waals surface area contributed by atoms with Gasteiger partial charge < -0.3 is 19.5 Å². The van der Waals surface area contributed by atoms with E-state index < -0.39 is 0 Å². The predicted molar refractivity (Wildman–Crippen MR) is 124 cm³/mol. The third-order valence-electron chi connectivity index (χ3n) is 6.95. The fourth-order valence-electron chi connectivity index (χ4n) is 5.15. The Bertz CT molecular complexity index is 835. The van der Waals surface area contributed by atoms with E-state index in [2.05, 4.69) is 45.2 Å². The number of methoxy groups -OCH3 is 1. The van der Waals surface area contributed by atoms with Crippen molar-refractivity contribution in [2.24, 2.45) is 0 Å². The number of hydrogen-bond acceptors (Lipinski definition) is 2. The summed E-state index contributed by atoms with van der Waals surface area (Å²) < 4.78 is 7.64. The third-order valence-corrected chi connectivity index (χ3v) is 6.95. The highest BCUT2D eigenvalue weighted by Crippen LogP contribution is 2.26. The molecule has 1 N–H and O–H groups in total. The fourth-order valence-corrected chi connectivity index (χ4v) is 5.15. The van der Waals surface area contributed by atoms with Gasteiger partial charge in [0.1, 0.15) is 5.75 Å². The predicted octanol–water partition coefficient (Wildman–Crippen LogP) is 5.72. The topological polar surface area (TPSA) is 46.5 Å². The molecule has 2 aliphatic carbocycles. The minimum atomic E-state index is 0.132. The first-order valence-corrected chi connectivity index (χ1v) is 12.1. The number of rotatable bonds is 7. The number of aromatic nitrogens is 1. The second kappa shape index (κ2) is 10.7. The van der Waals surface area contributed by atoms with Gasteiger partial charge in [0.2, 0.25) is 0 Å². The number of carbonyl (C=O) groups excluding carboxylic acids is 1. The Hall–Kier alpha value is -2.43. The lowest BCUT2D eigenvalue weighted by Crippen LogP contribution is -2.50. The monoisotopic (exact) mass is 423 g/mol. The van der Waals surface area contributed by atoms with Crippen molar-refractivity contribution in [2.45, 2.75) is 89.4 Å². The zero-order valence-electron chi connectivity index (χ0n) is 18.9. The highest BCUT2D eigenvalue weighted by Gasteiger charge is 2.28. The molecule has 2 fully saturated rings. The Kier molecular flexibility index (Phi) is 7.55. The molecular formula is C26H37N3O2. The SMILES string of the molecule is COc1cccc(Cn2cccc2CN(C(=O)NC2CCCCC2)C2CCCCC2)c1. The van der Waals surface area contributed by atoms with Gasteiger partial charge in [0.15, 0.2) is 0 Å². The summed E-state index contributed by atoms with van der Waals surface area (Å²) >= 11 is 0. The van der Waals surface area contributed by atoms with Gasteiger partial charge in [-0.25, -0.2) is 4.79 Å². The molecule has 5 nitrogen and oxygen atoms in total. The summed E-state index contributed by atoms with van der Waals surface area (Å²) in [5.74, 6) is 0.877. The lowest BCUT2D eigenvalue weighted by Gasteiger charge is -2.36. The third kappa shape index (κ3) is 5.84. The molecule has 31 heavy (non-hydrogen) atoms. The van der Waals surface area contributed by atoms with Crippen LogP contribution in [0.25, 0.3) is 0 Å². The van der Waals surface area contributed by atoms with Crippen molar-refractivity contribution in [1.82, 2.24) is 14.8 Å². The minimum Gasteiger partial charge on any atom is -0.497 e. The molecule has 0 spiro atoms. The van der Waals surface area contributed by atoms with Gasteiger partial charge in [-0.2, -0.15) is 0 Å². The summed E-state index contributed by atoms with van der Waals surface area (Å²) in [6.07, 6.45) is 14.1. The molecule has 1 heterocycles. The maximum Gasteiger partial charge on any atom is 0.318 e. The number of nitrogens with one attached hydrogen (secondary N) is 1. The van der Waals surface area contributed by atoms with E-state index in [1.807, 2.05) is 12.1 Å². The average Bonchev–Trinajstić information content (AvgIpc) is 3.25. The van der Waals surface area contributed by atoms with Crippen LogP contribution >= 0.6 is 0 Å². The van der Waals surface area contributed by atoms with Gasteiger partial charge in [-0.3, -0.25) is 0 Å². The molecular weight excluding hydrogens is 386 g/mol. The van der Waals surface area contributed by atoms with Gasteiger partial charge in [0.25, 0.3) is 0 Å². The average molecular weight is 424 g/mol. The zero-order chi connectivity index (χ0) is 21.5. The van der Waals surface area contributed by atoms with Gasteiger partial charge in [-0.1, -0.05) is 50.7 Å². The molecule has 0 bridgehead atoms. The van der Waals surface area contributed by atoms with Crippen molar-refractivity contribution in [1.29, 1.82) is 0 Å². The lowest BCUT2D eigenvalue weighted by molar-refractivity contribution is 0.144. The van der Waals surface area contributed by atoms with Gasteiger partial charge in [0, 0.05) is 30.5 Å². The molecule has 2 saturated carbocycles. The van der Waals surface area contributed by atoms with Crippen LogP contribution in [-0.4, -0.2) is 34.7 Å². The van der Waals surface area contributed by atoms with E-state index in [1.165, 1.54) is 49.8 Å². The molecule has 0 saturated heterocycles. The van der Waals surface area contributed by atoms with Gasteiger partial charge in [0.05, 0.1) is 13.7 Å². The first-order chi connectivity index (χ1) is 15.2. The van der Waals surface area contributed by atoms with Gasteiger partial charge in [-0.05, 0) is 55.5 Å². The van der Waals surface area contributed by atoms with Crippen LogP contribution in [0, 0.1) is 0 Å². The van der Waals surface area contributed by atoms with Crippen LogP contribution in [0.1, 0.15) is 75.5 Å². The Balaban J connectivity index is 1.48. The van der Waals surface area contributed by atoms with Crippen molar-refractivity contribution in [2.75, 3.05) is 7.11 Å². The minimum absolute atomic E-state index is 0.132. The highest BCUT2D eigenvalue weighted by atomic mass is 16.5. The molecule has 0 unspecified atom stereocenters. The summed E-state index contributed by atoms with van der Waals surface area (Å²) in [5.41, 5.74) is 2.39. The van der Waals surface area contributed by atoms with E-state index in [1.54, 1.807) is 7.11 Å². The summed E-state index contributed by atoms with van der Waals surface area (Å²) in [5, 5.41) is 3.37. The first kappa shape index (κ1) is 21.8. The molecule has 0 atom stereocenters. The van der Waals surface area contributed by atoms with Crippen LogP contribution in [0.3, 0.4) is 0 Å². The Morgan fingerprint density at radius 3 is 2.52 bits per heavy atom. The molecule has 1 aromatic heterocycles. The number of ether oxygens (including phenoxy) is 1. The quantitative estimate of drug-likeness (QED) is 0.619.